The van der Waals surface area contributed by atoms with Crippen molar-refractivity contribution in [2.45, 2.75) is 0 Å². The molecule has 9 aromatic rings. The fourth-order valence-electron chi connectivity index (χ4n) is 8.03. The maximum absolute atomic E-state index is 11.1. The number of fused-ring (bicyclic) bond motifs is 4. The van der Waals surface area contributed by atoms with Crippen molar-refractivity contribution in [3.05, 3.63) is 176 Å². The maximum atomic E-state index is 11.1. The molecule has 0 bridgehead atoms. The van der Waals surface area contributed by atoms with Crippen LogP contribution in [0.25, 0.3) is 99.8 Å². The molecule has 0 amide bonds. The standard InChI is InChI=1S/C48H30N2O/c51-34-28-32(27-33(29-34)41-22-12-23-43(50-41)42-21-9-10-26-49-42)35-24-25-40-46-36(35)19-11-20-39(46)47-44(30-13-3-1-4-14-30)37-17-7-8-18-38(37)45(48(40)47)31-15-5-2-6-16-31/h1-29,51H. The fourth-order valence-corrected chi connectivity index (χ4v) is 8.03. The molecule has 2 aromatic heterocycles. The van der Waals surface area contributed by atoms with Crippen LogP contribution in [0.4, 0.5) is 0 Å². The third kappa shape index (κ3) is 4.67. The van der Waals surface area contributed by atoms with Crippen molar-refractivity contribution in [2.24, 2.45) is 0 Å². The van der Waals surface area contributed by atoms with Gasteiger partial charge in [0.2, 0.25) is 0 Å². The van der Waals surface area contributed by atoms with Crippen LogP contribution in [0.1, 0.15) is 0 Å². The highest BCUT2D eigenvalue weighted by atomic mass is 16.3. The maximum Gasteiger partial charge on any atom is 0.116 e. The van der Waals surface area contributed by atoms with Gasteiger partial charge in [0.1, 0.15) is 5.75 Å². The second-order valence-electron chi connectivity index (χ2n) is 13.1. The molecular weight excluding hydrogens is 621 g/mol. The molecule has 1 aliphatic rings. The van der Waals surface area contributed by atoms with Gasteiger partial charge in [-0.15, -0.1) is 0 Å². The van der Waals surface area contributed by atoms with E-state index in [-0.39, 0.29) is 5.75 Å². The number of nitrogens with zero attached hydrogens (tertiary/aromatic N) is 2. The molecule has 0 atom stereocenters. The summed E-state index contributed by atoms with van der Waals surface area (Å²) in [7, 11) is 0. The minimum absolute atomic E-state index is 0.197. The van der Waals surface area contributed by atoms with Gasteiger partial charge in [-0.2, -0.15) is 0 Å². The van der Waals surface area contributed by atoms with Crippen molar-refractivity contribution in [1.29, 1.82) is 0 Å². The zero-order chi connectivity index (χ0) is 33.9. The molecule has 0 saturated heterocycles. The molecule has 0 spiro atoms. The minimum atomic E-state index is 0.197. The summed E-state index contributed by atoms with van der Waals surface area (Å²) in [4.78, 5) is 9.44. The number of phenols is 1. The topological polar surface area (TPSA) is 46.0 Å². The van der Waals surface area contributed by atoms with Crippen LogP contribution in [0.5, 0.6) is 5.75 Å². The van der Waals surface area contributed by atoms with E-state index in [0.29, 0.717) is 0 Å². The first-order chi connectivity index (χ1) is 25.2. The fraction of sp³-hybridized carbons (Fsp3) is 0. The van der Waals surface area contributed by atoms with Crippen LogP contribution < -0.4 is 0 Å². The third-order valence-corrected chi connectivity index (χ3v) is 10.1. The van der Waals surface area contributed by atoms with E-state index in [0.717, 1.165) is 39.2 Å². The minimum Gasteiger partial charge on any atom is -0.508 e. The molecule has 0 saturated carbocycles. The third-order valence-electron chi connectivity index (χ3n) is 10.1. The monoisotopic (exact) mass is 650 g/mol. The number of aromatic hydroxyl groups is 1. The van der Waals surface area contributed by atoms with E-state index in [9.17, 15) is 5.11 Å². The molecule has 3 heteroatoms. The zero-order valence-corrected chi connectivity index (χ0v) is 27.6. The van der Waals surface area contributed by atoms with Crippen LogP contribution in [0.15, 0.2) is 176 Å². The zero-order valence-electron chi connectivity index (χ0n) is 27.6. The Hall–Kier alpha value is -6.84. The predicted octanol–water partition coefficient (Wildman–Crippen LogP) is 12.5. The lowest BCUT2D eigenvalue weighted by molar-refractivity contribution is 0.476. The Labute approximate surface area is 295 Å². The molecular formula is C48H30N2O. The van der Waals surface area contributed by atoms with Gasteiger partial charge in [-0.3, -0.25) is 4.98 Å². The van der Waals surface area contributed by atoms with Crippen LogP contribution in [0.2, 0.25) is 0 Å². The summed E-state index contributed by atoms with van der Waals surface area (Å²) in [5.74, 6) is 0.197. The SMILES string of the molecule is Oc1cc(-c2cccc(-c3ccccn3)n2)cc(-c2ccc3c4c(cccc24)-c2c-3c(-c3ccccc3)c3ccccc3c2-c2ccccc2)c1. The van der Waals surface area contributed by atoms with E-state index < -0.39 is 0 Å². The Morgan fingerprint density at radius 1 is 0.353 bits per heavy atom. The molecule has 1 N–H and O–H groups in total. The van der Waals surface area contributed by atoms with E-state index in [1.54, 1.807) is 12.3 Å². The number of benzene rings is 7. The predicted molar refractivity (Wildman–Crippen MR) is 210 cm³/mol. The molecule has 1 aliphatic carbocycles. The lowest BCUT2D eigenvalue weighted by Gasteiger charge is -2.20. The number of hydrogen-bond donors (Lipinski definition) is 1. The van der Waals surface area contributed by atoms with Gasteiger partial charge in [-0.25, -0.2) is 4.98 Å². The molecule has 238 valence electrons. The summed E-state index contributed by atoms with van der Waals surface area (Å²) in [5.41, 5.74) is 15.1. The highest BCUT2D eigenvalue weighted by molar-refractivity contribution is 6.28. The molecule has 0 unspecified atom stereocenters. The number of hydrogen-bond acceptors (Lipinski definition) is 3. The summed E-state index contributed by atoms with van der Waals surface area (Å²) in [6.45, 7) is 0. The number of aromatic nitrogens is 2. The van der Waals surface area contributed by atoms with Crippen molar-refractivity contribution in [3.63, 3.8) is 0 Å². The van der Waals surface area contributed by atoms with Gasteiger partial charge in [-0.1, -0.05) is 127 Å². The molecule has 2 heterocycles. The summed E-state index contributed by atoms with van der Waals surface area (Å²) in [6, 6.07) is 59.1. The van der Waals surface area contributed by atoms with E-state index in [2.05, 4.69) is 126 Å². The van der Waals surface area contributed by atoms with Crippen molar-refractivity contribution < 1.29 is 5.11 Å². The molecule has 51 heavy (non-hydrogen) atoms. The van der Waals surface area contributed by atoms with Gasteiger partial charge in [-0.05, 0) is 120 Å². The van der Waals surface area contributed by atoms with E-state index in [1.165, 1.54) is 60.7 Å². The number of phenolic OH excluding ortho intramolecular Hbond substituents is 1. The Kier molecular flexibility index (Phi) is 6.65. The van der Waals surface area contributed by atoms with Crippen LogP contribution >= 0.6 is 0 Å². The van der Waals surface area contributed by atoms with E-state index in [1.807, 2.05) is 42.5 Å². The summed E-state index contributed by atoms with van der Waals surface area (Å²) in [6.07, 6.45) is 1.78. The van der Waals surface area contributed by atoms with Gasteiger partial charge in [0.25, 0.3) is 0 Å². The van der Waals surface area contributed by atoms with Crippen LogP contribution in [-0.4, -0.2) is 15.1 Å². The van der Waals surface area contributed by atoms with Crippen molar-refractivity contribution >= 4 is 21.5 Å². The first-order valence-electron chi connectivity index (χ1n) is 17.2. The van der Waals surface area contributed by atoms with Gasteiger partial charge >= 0.3 is 0 Å². The second kappa shape index (κ2) is 11.6. The summed E-state index contributed by atoms with van der Waals surface area (Å²) < 4.78 is 0. The first kappa shape index (κ1) is 29.1. The number of rotatable bonds is 5. The van der Waals surface area contributed by atoms with E-state index in [4.69, 9.17) is 4.98 Å². The van der Waals surface area contributed by atoms with Crippen LogP contribution in [-0.2, 0) is 0 Å². The van der Waals surface area contributed by atoms with Crippen LogP contribution in [0, 0.1) is 0 Å². The molecule has 0 radical (unpaired) electrons. The highest BCUT2D eigenvalue weighted by Crippen LogP contribution is 2.58. The first-order valence-corrected chi connectivity index (χ1v) is 17.2. The van der Waals surface area contributed by atoms with Gasteiger partial charge in [0.05, 0.1) is 17.1 Å². The molecule has 3 nitrogen and oxygen atoms in total. The second-order valence-corrected chi connectivity index (χ2v) is 13.1. The largest absolute Gasteiger partial charge is 0.508 e. The molecule has 7 aromatic carbocycles. The quantitative estimate of drug-likeness (QED) is 0.202. The highest BCUT2D eigenvalue weighted by Gasteiger charge is 2.31. The Balaban J connectivity index is 1.23. The van der Waals surface area contributed by atoms with Gasteiger partial charge < -0.3 is 5.11 Å². The number of pyridine rings is 2. The Morgan fingerprint density at radius 2 is 0.902 bits per heavy atom. The van der Waals surface area contributed by atoms with Gasteiger partial charge in [0.15, 0.2) is 0 Å². The Morgan fingerprint density at radius 3 is 1.59 bits per heavy atom. The van der Waals surface area contributed by atoms with Crippen LogP contribution in [0.3, 0.4) is 0 Å². The molecule has 10 rings (SSSR count). The normalized spacial score (nSPS) is 11.6. The van der Waals surface area contributed by atoms with Crippen molar-refractivity contribution in [3.8, 4) is 84.0 Å². The van der Waals surface area contributed by atoms with Crippen molar-refractivity contribution in [2.75, 3.05) is 0 Å². The molecule has 0 aliphatic heterocycles. The lowest BCUT2D eigenvalue weighted by atomic mass is 9.82. The summed E-state index contributed by atoms with van der Waals surface area (Å²) >= 11 is 0. The van der Waals surface area contributed by atoms with Crippen molar-refractivity contribution in [1.82, 2.24) is 9.97 Å². The summed E-state index contributed by atoms with van der Waals surface area (Å²) in [5, 5.41) is 16.0. The lowest BCUT2D eigenvalue weighted by Crippen LogP contribution is -1.93. The average Bonchev–Trinajstić information content (AvgIpc) is 3.52. The van der Waals surface area contributed by atoms with Gasteiger partial charge in [0, 0.05) is 11.8 Å². The Bertz CT molecular complexity index is 2700. The smallest absolute Gasteiger partial charge is 0.116 e. The average molecular weight is 651 g/mol. The molecule has 0 fully saturated rings. The van der Waals surface area contributed by atoms with E-state index >= 15 is 0 Å².